The monoisotopic (exact) mass is 276 g/mol. The number of rotatable bonds is 6. The van der Waals surface area contributed by atoms with Gasteiger partial charge in [-0.15, -0.1) is 0 Å². The number of halogens is 5. The van der Waals surface area contributed by atoms with Crippen molar-refractivity contribution in [3.05, 3.63) is 12.2 Å². The Balaban J connectivity index is 4.93. The third kappa shape index (κ3) is 3.49. The highest BCUT2D eigenvalue weighted by Crippen LogP contribution is 2.40. The molecule has 0 aliphatic carbocycles. The Bertz CT molecular complexity index is 320. The first-order chi connectivity index (χ1) is 7.98. The number of carbonyl (C=O) groups excluding carboxylic acids is 1. The summed E-state index contributed by atoms with van der Waals surface area (Å²) >= 11 is 0. The van der Waals surface area contributed by atoms with Gasteiger partial charge < -0.3 is 10.2 Å². The van der Waals surface area contributed by atoms with Crippen LogP contribution in [-0.2, 0) is 4.79 Å². The molecule has 0 amide bonds. The highest BCUT2D eigenvalue weighted by atomic mass is 19.4. The van der Waals surface area contributed by atoms with E-state index in [9.17, 15) is 26.7 Å². The molecule has 0 bridgehead atoms. The zero-order chi connectivity index (χ0) is 14.6. The lowest BCUT2D eigenvalue weighted by Gasteiger charge is -2.30. The molecule has 18 heavy (non-hydrogen) atoms. The van der Waals surface area contributed by atoms with E-state index in [2.05, 4.69) is 0 Å². The number of hydrogen-bond acceptors (Lipinski definition) is 3. The van der Waals surface area contributed by atoms with E-state index in [1.165, 1.54) is 0 Å². The lowest BCUT2D eigenvalue weighted by molar-refractivity contribution is -0.404. The van der Waals surface area contributed by atoms with Crippen molar-refractivity contribution < 1.29 is 37.0 Å². The molecular weight excluding hydrogens is 263 g/mol. The summed E-state index contributed by atoms with van der Waals surface area (Å²) in [5.74, 6) is -13.0. The average molecular weight is 276 g/mol. The molecule has 3 nitrogen and oxygen atoms in total. The number of unbranched alkanes of at least 4 members (excludes halogenated alkanes) is 2. The molecule has 0 rings (SSSR count). The summed E-state index contributed by atoms with van der Waals surface area (Å²) in [6, 6.07) is 0. The van der Waals surface area contributed by atoms with Crippen LogP contribution in [0.2, 0.25) is 0 Å². The molecule has 0 fully saturated rings. The lowest BCUT2D eigenvalue weighted by atomic mass is 10.0. The summed E-state index contributed by atoms with van der Waals surface area (Å²) in [5, 5.41) is 16.8. The zero-order valence-corrected chi connectivity index (χ0v) is 9.47. The van der Waals surface area contributed by atoms with E-state index >= 15 is 0 Å². The largest absolute Gasteiger partial charge is 0.450 e. The van der Waals surface area contributed by atoms with E-state index < -0.39 is 23.7 Å². The van der Waals surface area contributed by atoms with Crippen LogP contribution in [0.1, 0.15) is 26.2 Å². The molecule has 0 heterocycles. The van der Waals surface area contributed by atoms with Crippen molar-refractivity contribution in [2.75, 3.05) is 0 Å². The maximum atomic E-state index is 13.0. The van der Waals surface area contributed by atoms with Crippen LogP contribution in [-0.4, -0.2) is 33.9 Å². The number of carbonyl (C=O) groups is 1. The predicted octanol–water partition coefficient (Wildman–Crippen LogP) is 2.18. The summed E-state index contributed by atoms with van der Waals surface area (Å²) in [7, 11) is 0. The maximum Gasteiger partial charge on any atom is 0.450 e. The van der Waals surface area contributed by atoms with Crippen molar-refractivity contribution in [1.29, 1.82) is 0 Å². The van der Waals surface area contributed by atoms with Crippen LogP contribution >= 0.6 is 0 Å². The SMILES string of the molecule is CCCCC=CC(=O)C(F)(F)C(O)(O)C(F)(F)F. The maximum absolute atomic E-state index is 13.0. The second kappa shape index (κ2) is 5.75. The quantitative estimate of drug-likeness (QED) is 0.338. The van der Waals surface area contributed by atoms with Gasteiger partial charge in [0.25, 0.3) is 0 Å². The molecular formula is C10H13F5O3. The molecule has 0 aromatic carbocycles. The summed E-state index contributed by atoms with van der Waals surface area (Å²) in [6.45, 7) is 1.79. The molecule has 2 N–H and O–H groups in total. The van der Waals surface area contributed by atoms with Crippen LogP contribution in [0, 0.1) is 0 Å². The number of aliphatic hydroxyl groups is 2. The van der Waals surface area contributed by atoms with Crippen molar-refractivity contribution in [3.63, 3.8) is 0 Å². The second-order valence-electron chi connectivity index (χ2n) is 3.65. The minimum absolute atomic E-state index is 0.225. The smallest absolute Gasteiger partial charge is 0.354 e. The van der Waals surface area contributed by atoms with Crippen molar-refractivity contribution in [3.8, 4) is 0 Å². The lowest BCUT2D eigenvalue weighted by Crippen LogP contribution is -2.61. The number of allylic oxidation sites excluding steroid dienone is 2. The molecule has 0 atom stereocenters. The fourth-order valence-corrected chi connectivity index (χ4v) is 0.967. The Hall–Kier alpha value is -1.02. The van der Waals surface area contributed by atoms with E-state index in [1.54, 1.807) is 6.92 Å². The van der Waals surface area contributed by atoms with Crippen molar-refractivity contribution >= 4 is 5.78 Å². The van der Waals surface area contributed by atoms with Gasteiger partial charge in [-0.2, -0.15) is 22.0 Å². The Kier molecular flexibility index (Phi) is 5.42. The van der Waals surface area contributed by atoms with Crippen LogP contribution in [0.5, 0.6) is 0 Å². The minimum atomic E-state index is -6.04. The fraction of sp³-hybridized carbons (Fsp3) is 0.700. The normalized spacial score (nSPS) is 14.2. The number of hydrogen-bond donors (Lipinski definition) is 2. The first kappa shape index (κ1) is 17.0. The van der Waals surface area contributed by atoms with Crippen molar-refractivity contribution in [1.82, 2.24) is 0 Å². The van der Waals surface area contributed by atoms with Gasteiger partial charge in [-0.1, -0.05) is 25.8 Å². The van der Waals surface area contributed by atoms with Gasteiger partial charge in [0.2, 0.25) is 5.78 Å². The third-order valence-corrected chi connectivity index (χ3v) is 2.14. The van der Waals surface area contributed by atoms with Crippen LogP contribution < -0.4 is 0 Å². The van der Waals surface area contributed by atoms with Crippen LogP contribution in [0.3, 0.4) is 0 Å². The van der Waals surface area contributed by atoms with Gasteiger partial charge >= 0.3 is 17.9 Å². The first-order valence-corrected chi connectivity index (χ1v) is 5.08. The molecule has 8 heteroatoms. The highest BCUT2D eigenvalue weighted by molar-refractivity contribution is 5.96. The molecule has 0 spiro atoms. The molecule has 0 radical (unpaired) electrons. The van der Waals surface area contributed by atoms with E-state index in [0.29, 0.717) is 12.8 Å². The molecule has 0 aliphatic heterocycles. The summed E-state index contributed by atoms with van der Waals surface area (Å²) in [6.07, 6.45) is -3.34. The molecule has 0 aliphatic rings. The van der Waals surface area contributed by atoms with Crippen LogP contribution in [0.25, 0.3) is 0 Å². The van der Waals surface area contributed by atoms with Gasteiger partial charge in [0.1, 0.15) is 0 Å². The number of alkyl halides is 5. The van der Waals surface area contributed by atoms with Crippen molar-refractivity contribution in [2.24, 2.45) is 0 Å². The Morgan fingerprint density at radius 3 is 2.06 bits per heavy atom. The van der Waals surface area contributed by atoms with E-state index in [4.69, 9.17) is 10.2 Å². The molecule has 0 aromatic heterocycles. The van der Waals surface area contributed by atoms with Crippen molar-refractivity contribution in [2.45, 2.75) is 44.1 Å². The zero-order valence-electron chi connectivity index (χ0n) is 9.47. The molecule has 0 saturated carbocycles. The van der Waals surface area contributed by atoms with Gasteiger partial charge in [0.15, 0.2) is 0 Å². The summed E-state index contributed by atoms with van der Waals surface area (Å²) in [4.78, 5) is 10.9. The van der Waals surface area contributed by atoms with Gasteiger partial charge in [0.05, 0.1) is 0 Å². The van der Waals surface area contributed by atoms with E-state index in [0.717, 1.165) is 6.08 Å². The second-order valence-corrected chi connectivity index (χ2v) is 3.65. The number of ketones is 1. The van der Waals surface area contributed by atoms with Gasteiger partial charge in [-0.05, 0) is 12.5 Å². The highest BCUT2D eigenvalue weighted by Gasteiger charge is 2.71. The summed E-state index contributed by atoms with van der Waals surface area (Å²) < 4.78 is 61.9. The molecule has 106 valence electrons. The third-order valence-electron chi connectivity index (χ3n) is 2.14. The fourth-order valence-electron chi connectivity index (χ4n) is 0.967. The van der Waals surface area contributed by atoms with Crippen LogP contribution in [0.15, 0.2) is 12.2 Å². The van der Waals surface area contributed by atoms with Gasteiger partial charge in [-0.25, -0.2) is 0 Å². The predicted molar refractivity (Wildman–Crippen MR) is 51.8 cm³/mol. The van der Waals surface area contributed by atoms with E-state index in [-0.39, 0.29) is 12.5 Å². The Morgan fingerprint density at radius 2 is 1.67 bits per heavy atom. The molecule has 0 aromatic rings. The Labute approximate surface area is 99.9 Å². The standard InChI is InChI=1S/C10H13F5O3/c1-2-3-4-5-6-7(16)8(11,12)9(17,18)10(13,14)15/h5-6,17-18H,2-4H2,1H3. The molecule has 0 unspecified atom stereocenters. The first-order valence-electron chi connectivity index (χ1n) is 5.08. The summed E-state index contributed by atoms with van der Waals surface area (Å²) in [5.41, 5.74) is 0. The van der Waals surface area contributed by atoms with E-state index in [1.807, 2.05) is 0 Å². The average Bonchev–Trinajstić information content (AvgIpc) is 2.22. The minimum Gasteiger partial charge on any atom is -0.354 e. The Morgan fingerprint density at radius 1 is 1.17 bits per heavy atom. The van der Waals surface area contributed by atoms with Gasteiger partial charge in [0, 0.05) is 0 Å². The molecule has 0 saturated heterocycles. The van der Waals surface area contributed by atoms with Gasteiger partial charge in [-0.3, -0.25) is 4.79 Å². The topological polar surface area (TPSA) is 57.5 Å². The van der Waals surface area contributed by atoms with Crippen LogP contribution in [0.4, 0.5) is 22.0 Å².